The van der Waals surface area contributed by atoms with Gasteiger partial charge in [-0.15, -0.1) is 10.2 Å². The molecule has 0 saturated heterocycles. The lowest BCUT2D eigenvalue weighted by molar-refractivity contribution is -0.113. The van der Waals surface area contributed by atoms with Gasteiger partial charge in [0.25, 0.3) is 0 Å². The molecule has 1 amide bonds. The molecule has 0 aliphatic rings. The fourth-order valence-electron chi connectivity index (χ4n) is 2.60. The smallest absolute Gasteiger partial charge is 0.236 e. The highest BCUT2D eigenvalue weighted by Crippen LogP contribution is 2.24. The lowest BCUT2D eigenvalue weighted by Crippen LogP contribution is -2.21. The van der Waals surface area contributed by atoms with Crippen molar-refractivity contribution in [1.29, 1.82) is 0 Å². The molecule has 0 aliphatic carbocycles. The summed E-state index contributed by atoms with van der Waals surface area (Å²) >= 11 is 1.35. The molecule has 8 nitrogen and oxygen atoms in total. The van der Waals surface area contributed by atoms with Gasteiger partial charge in [0.1, 0.15) is 5.76 Å². The highest BCUT2D eigenvalue weighted by Gasteiger charge is 2.20. The molecule has 3 aromatic rings. The molecule has 0 spiro atoms. The quantitative estimate of drug-likeness (QED) is 0.582. The number of anilines is 1. The van der Waals surface area contributed by atoms with E-state index in [1.165, 1.54) is 11.8 Å². The fourth-order valence-corrected chi connectivity index (χ4v) is 3.34. The van der Waals surface area contributed by atoms with Crippen LogP contribution < -0.4 is 5.32 Å². The lowest BCUT2D eigenvalue weighted by atomic mass is 10.2. The van der Waals surface area contributed by atoms with Crippen molar-refractivity contribution in [3.63, 3.8) is 0 Å². The highest BCUT2D eigenvalue weighted by molar-refractivity contribution is 7.99. The molecule has 1 atom stereocenters. The summed E-state index contributed by atoms with van der Waals surface area (Å²) in [6, 6.07) is 11.9. The molecule has 0 radical (unpaired) electrons. The number of nitrogens with zero attached hydrogens (tertiary/aromatic N) is 5. The van der Waals surface area contributed by atoms with Gasteiger partial charge in [0.15, 0.2) is 16.8 Å². The number of benzene rings is 1. The normalized spacial score (nSPS) is 12.3. The topological polar surface area (TPSA) is 89.1 Å². The molecule has 0 unspecified atom stereocenters. The Labute approximate surface area is 168 Å². The van der Waals surface area contributed by atoms with Gasteiger partial charge in [0, 0.05) is 6.07 Å². The minimum absolute atomic E-state index is 0.0949. The first kappa shape index (κ1) is 20.1. The van der Waals surface area contributed by atoms with Crippen molar-refractivity contribution in [2.24, 2.45) is 0 Å². The van der Waals surface area contributed by atoms with Gasteiger partial charge in [-0.1, -0.05) is 47.3 Å². The van der Waals surface area contributed by atoms with E-state index in [1.807, 2.05) is 32.3 Å². The zero-order valence-electron chi connectivity index (χ0n) is 16.4. The molecule has 0 bridgehead atoms. The molecule has 1 N–H and O–H groups in total. The van der Waals surface area contributed by atoms with Crippen LogP contribution in [0.15, 0.2) is 46.1 Å². The van der Waals surface area contributed by atoms with Crippen LogP contribution in [-0.4, -0.2) is 50.6 Å². The minimum Gasteiger partial charge on any atom is -0.360 e. The fraction of sp³-hybridized carbons (Fsp3) is 0.368. The van der Waals surface area contributed by atoms with E-state index < -0.39 is 0 Å². The zero-order chi connectivity index (χ0) is 20.1. The van der Waals surface area contributed by atoms with E-state index in [2.05, 4.69) is 49.2 Å². The van der Waals surface area contributed by atoms with Gasteiger partial charge in [-0.2, -0.15) is 0 Å². The number of carbonyl (C=O) groups is 1. The number of aromatic nitrogens is 4. The maximum absolute atomic E-state index is 12.2. The van der Waals surface area contributed by atoms with Gasteiger partial charge in [0.05, 0.1) is 18.3 Å². The maximum Gasteiger partial charge on any atom is 0.236 e. The number of carbonyl (C=O) groups excluding carboxylic acids is 1. The molecule has 0 aliphatic heterocycles. The molecule has 0 saturated carbocycles. The second-order valence-corrected chi connectivity index (χ2v) is 7.65. The van der Waals surface area contributed by atoms with Crippen LogP contribution in [0.3, 0.4) is 0 Å². The molecular formula is C19H24N6O2S. The summed E-state index contributed by atoms with van der Waals surface area (Å²) in [5.41, 5.74) is 1.15. The van der Waals surface area contributed by atoms with Gasteiger partial charge in [-0.25, -0.2) is 0 Å². The highest BCUT2D eigenvalue weighted by atomic mass is 32.2. The van der Waals surface area contributed by atoms with Crippen molar-refractivity contribution in [2.45, 2.75) is 31.6 Å². The first-order valence-corrected chi connectivity index (χ1v) is 9.92. The average molecular weight is 401 g/mol. The number of hydrogen-bond acceptors (Lipinski definition) is 7. The predicted molar refractivity (Wildman–Crippen MR) is 108 cm³/mol. The Bertz CT molecular complexity index is 922. The van der Waals surface area contributed by atoms with E-state index in [0.717, 1.165) is 11.4 Å². The van der Waals surface area contributed by atoms with Crippen LogP contribution in [0.1, 0.15) is 30.1 Å². The summed E-state index contributed by atoms with van der Waals surface area (Å²) in [5, 5.41) is 15.9. The molecular weight excluding hydrogens is 376 g/mol. The van der Waals surface area contributed by atoms with Gasteiger partial charge in [-0.3, -0.25) is 9.69 Å². The summed E-state index contributed by atoms with van der Waals surface area (Å²) in [6.45, 7) is 4.50. The molecule has 1 aromatic carbocycles. The van der Waals surface area contributed by atoms with Crippen molar-refractivity contribution in [3.05, 3.63) is 53.5 Å². The Morgan fingerprint density at radius 3 is 2.68 bits per heavy atom. The first-order chi connectivity index (χ1) is 13.4. The van der Waals surface area contributed by atoms with Gasteiger partial charge in [0.2, 0.25) is 5.91 Å². The molecule has 3 rings (SSSR count). The third kappa shape index (κ3) is 4.99. The SMILES string of the molecule is Cc1cc(NC(=O)CSc2nnc([C@@H](C)N(C)C)n2Cc2ccccc2)no1. The Morgan fingerprint density at radius 2 is 2.04 bits per heavy atom. The van der Waals surface area contributed by atoms with E-state index in [0.29, 0.717) is 23.3 Å². The monoisotopic (exact) mass is 400 g/mol. The van der Waals surface area contributed by atoms with Crippen molar-refractivity contribution >= 4 is 23.5 Å². The standard InChI is InChI=1S/C19H24N6O2S/c1-13-10-16(23-27-13)20-17(26)12-28-19-22-21-18(14(2)24(3)4)25(19)11-15-8-6-5-7-9-15/h5-10,14H,11-12H2,1-4H3,(H,20,23,26)/t14-/m1/s1. The van der Waals surface area contributed by atoms with Crippen LogP contribution >= 0.6 is 11.8 Å². The summed E-state index contributed by atoms with van der Waals surface area (Å²) in [5.74, 6) is 1.96. The summed E-state index contributed by atoms with van der Waals surface area (Å²) < 4.78 is 7.03. The van der Waals surface area contributed by atoms with E-state index in [4.69, 9.17) is 4.52 Å². The van der Waals surface area contributed by atoms with Gasteiger partial charge < -0.3 is 14.4 Å². The van der Waals surface area contributed by atoms with Crippen LogP contribution in [0.2, 0.25) is 0 Å². The van der Waals surface area contributed by atoms with Crippen LogP contribution in [0.4, 0.5) is 5.82 Å². The summed E-state index contributed by atoms with van der Waals surface area (Å²) in [7, 11) is 4.01. The Hall–Kier alpha value is -2.65. The summed E-state index contributed by atoms with van der Waals surface area (Å²) in [4.78, 5) is 14.3. The Morgan fingerprint density at radius 1 is 1.29 bits per heavy atom. The Balaban J connectivity index is 1.74. The molecule has 28 heavy (non-hydrogen) atoms. The maximum atomic E-state index is 12.2. The lowest BCUT2D eigenvalue weighted by Gasteiger charge is -2.20. The number of aryl methyl sites for hydroxylation is 1. The minimum atomic E-state index is -0.172. The number of hydrogen-bond donors (Lipinski definition) is 1. The average Bonchev–Trinajstić information content (AvgIpc) is 3.26. The Kier molecular flexibility index (Phi) is 6.48. The van der Waals surface area contributed by atoms with Crippen molar-refractivity contribution in [3.8, 4) is 0 Å². The van der Waals surface area contributed by atoms with Crippen molar-refractivity contribution in [2.75, 3.05) is 25.2 Å². The number of rotatable bonds is 8. The third-order valence-corrected chi connectivity index (χ3v) is 5.27. The second kappa shape index (κ2) is 9.03. The van der Waals surface area contributed by atoms with E-state index >= 15 is 0 Å². The van der Waals surface area contributed by atoms with E-state index in [-0.39, 0.29) is 17.7 Å². The van der Waals surface area contributed by atoms with E-state index in [9.17, 15) is 4.79 Å². The van der Waals surface area contributed by atoms with Crippen LogP contribution in [0.25, 0.3) is 0 Å². The second-order valence-electron chi connectivity index (χ2n) is 6.71. The molecule has 2 heterocycles. The largest absolute Gasteiger partial charge is 0.360 e. The number of amides is 1. The van der Waals surface area contributed by atoms with Crippen molar-refractivity contribution < 1.29 is 9.32 Å². The van der Waals surface area contributed by atoms with Crippen LogP contribution in [-0.2, 0) is 11.3 Å². The first-order valence-electron chi connectivity index (χ1n) is 8.93. The molecule has 0 fully saturated rings. The van der Waals surface area contributed by atoms with Gasteiger partial charge >= 0.3 is 0 Å². The van der Waals surface area contributed by atoms with Crippen LogP contribution in [0.5, 0.6) is 0 Å². The summed E-state index contributed by atoms with van der Waals surface area (Å²) in [6.07, 6.45) is 0. The number of thioether (sulfide) groups is 1. The number of nitrogens with one attached hydrogen (secondary N) is 1. The molecule has 148 valence electrons. The molecule has 9 heteroatoms. The van der Waals surface area contributed by atoms with Gasteiger partial charge in [-0.05, 0) is 33.5 Å². The zero-order valence-corrected chi connectivity index (χ0v) is 17.2. The predicted octanol–water partition coefficient (Wildman–Crippen LogP) is 2.98. The molecule has 2 aromatic heterocycles. The third-order valence-electron chi connectivity index (χ3n) is 4.31. The van der Waals surface area contributed by atoms with Crippen molar-refractivity contribution in [1.82, 2.24) is 24.8 Å². The van der Waals surface area contributed by atoms with Crippen LogP contribution in [0, 0.1) is 6.92 Å². The van der Waals surface area contributed by atoms with E-state index in [1.54, 1.807) is 13.0 Å².